The molecule has 0 saturated carbocycles. The lowest BCUT2D eigenvalue weighted by atomic mass is 10.0. The minimum atomic E-state index is -4.41. The Labute approximate surface area is 85.8 Å². The smallest absolute Gasteiger partial charge is 0.416 e. The van der Waals surface area contributed by atoms with Crippen molar-refractivity contribution in [2.45, 2.75) is 19.1 Å². The minimum Gasteiger partial charge on any atom is -0.497 e. The molecule has 1 aromatic rings. The number of alkyl halides is 3. The van der Waals surface area contributed by atoms with Gasteiger partial charge in [-0.1, -0.05) is 6.07 Å². The van der Waals surface area contributed by atoms with Gasteiger partial charge in [0.2, 0.25) is 0 Å². The second-order valence-electron chi connectivity index (χ2n) is 3.24. The van der Waals surface area contributed by atoms with Crippen molar-refractivity contribution >= 4 is 0 Å². The highest BCUT2D eigenvalue weighted by atomic mass is 19.4. The molecule has 1 aromatic carbocycles. The molecular weight excluding hydrogens is 207 g/mol. The van der Waals surface area contributed by atoms with E-state index in [1.807, 2.05) is 0 Å². The summed E-state index contributed by atoms with van der Waals surface area (Å²) in [5.41, 5.74) is 4.80. The Hall–Kier alpha value is -1.23. The van der Waals surface area contributed by atoms with Gasteiger partial charge < -0.3 is 10.5 Å². The van der Waals surface area contributed by atoms with Crippen LogP contribution in [0.15, 0.2) is 18.2 Å². The molecule has 15 heavy (non-hydrogen) atoms. The first kappa shape index (κ1) is 11.8. The van der Waals surface area contributed by atoms with Crippen LogP contribution in [0.25, 0.3) is 0 Å². The third kappa shape index (κ3) is 2.62. The van der Waals surface area contributed by atoms with Crippen LogP contribution in [0.3, 0.4) is 0 Å². The topological polar surface area (TPSA) is 35.2 Å². The van der Waals surface area contributed by atoms with Crippen molar-refractivity contribution in [3.8, 4) is 5.75 Å². The van der Waals surface area contributed by atoms with Crippen molar-refractivity contribution < 1.29 is 17.9 Å². The van der Waals surface area contributed by atoms with Crippen LogP contribution >= 0.6 is 0 Å². The number of nitrogens with two attached hydrogens (primary N) is 1. The highest BCUT2D eigenvalue weighted by molar-refractivity contribution is 5.38. The van der Waals surface area contributed by atoms with Gasteiger partial charge in [0.05, 0.1) is 12.7 Å². The molecule has 0 saturated heterocycles. The summed E-state index contributed by atoms with van der Waals surface area (Å²) in [5.74, 6) is 0.173. The van der Waals surface area contributed by atoms with E-state index in [4.69, 9.17) is 10.5 Å². The molecule has 0 amide bonds. The normalized spacial score (nSPS) is 13.7. The van der Waals surface area contributed by atoms with E-state index in [9.17, 15) is 13.2 Å². The van der Waals surface area contributed by atoms with E-state index in [1.54, 1.807) is 0 Å². The van der Waals surface area contributed by atoms with Gasteiger partial charge in [0.15, 0.2) is 0 Å². The van der Waals surface area contributed by atoms with E-state index < -0.39 is 17.8 Å². The van der Waals surface area contributed by atoms with Gasteiger partial charge in [0.25, 0.3) is 0 Å². The lowest BCUT2D eigenvalue weighted by molar-refractivity contribution is -0.138. The van der Waals surface area contributed by atoms with Gasteiger partial charge in [0, 0.05) is 6.04 Å². The first-order valence-corrected chi connectivity index (χ1v) is 4.37. The Bertz CT molecular complexity index is 347. The number of methoxy groups -OCH3 is 1. The third-order valence-electron chi connectivity index (χ3n) is 2.06. The van der Waals surface area contributed by atoms with Crippen molar-refractivity contribution in [1.29, 1.82) is 0 Å². The Morgan fingerprint density at radius 1 is 1.33 bits per heavy atom. The Balaban J connectivity index is 3.29. The maximum absolute atomic E-state index is 12.6. The van der Waals surface area contributed by atoms with Crippen LogP contribution in [0.5, 0.6) is 5.75 Å². The maximum atomic E-state index is 12.6. The number of halogens is 3. The molecule has 0 heterocycles. The highest BCUT2D eigenvalue weighted by Crippen LogP contribution is 2.36. The predicted molar refractivity (Wildman–Crippen MR) is 50.6 cm³/mol. The fourth-order valence-electron chi connectivity index (χ4n) is 1.30. The van der Waals surface area contributed by atoms with Gasteiger partial charge in [-0.2, -0.15) is 13.2 Å². The summed E-state index contributed by atoms with van der Waals surface area (Å²) in [6.07, 6.45) is -4.41. The third-order valence-corrected chi connectivity index (χ3v) is 2.06. The number of hydrogen-bond acceptors (Lipinski definition) is 2. The van der Waals surface area contributed by atoms with E-state index in [2.05, 4.69) is 0 Å². The summed E-state index contributed by atoms with van der Waals surface area (Å²) in [5, 5.41) is 0. The molecule has 84 valence electrons. The SMILES string of the molecule is COc1ccc(C(C)N)c(C(F)(F)F)c1. The van der Waals surface area contributed by atoms with E-state index in [1.165, 1.54) is 26.2 Å². The Morgan fingerprint density at radius 3 is 2.33 bits per heavy atom. The maximum Gasteiger partial charge on any atom is 0.416 e. The van der Waals surface area contributed by atoms with Crippen molar-refractivity contribution in [3.05, 3.63) is 29.3 Å². The van der Waals surface area contributed by atoms with Crippen LogP contribution < -0.4 is 10.5 Å². The lowest BCUT2D eigenvalue weighted by Gasteiger charge is -2.16. The van der Waals surface area contributed by atoms with Crippen molar-refractivity contribution in [3.63, 3.8) is 0 Å². The fraction of sp³-hybridized carbons (Fsp3) is 0.400. The molecule has 2 nitrogen and oxygen atoms in total. The monoisotopic (exact) mass is 219 g/mol. The molecule has 0 aliphatic rings. The van der Waals surface area contributed by atoms with Crippen LogP contribution in [0.2, 0.25) is 0 Å². The van der Waals surface area contributed by atoms with Gasteiger partial charge in [-0.05, 0) is 24.6 Å². The molecule has 0 radical (unpaired) electrons. The van der Waals surface area contributed by atoms with Gasteiger partial charge in [-0.15, -0.1) is 0 Å². The first-order valence-electron chi connectivity index (χ1n) is 4.37. The predicted octanol–water partition coefficient (Wildman–Crippen LogP) is 2.73. The molecular formula is C10H12F3NO. The number of benzene rings is 1. The molecule has 0 aliphatic heterocycles. The molecule has 1 atom stereocenters. The summed E-state index contributed by atoms with van der Waals surface area (Å²) in [6, 6.07) is 3.10. The quantitative estimate of drug-likeness (QED) is 0.830. The van der Waals surface area contributed by atoms with Gasteiger partial charge in [0.1, 0.15) is 5.75 Å². The fourth-order valence-corrected chi connectivity index (χ4v) is 1.30. The molecule has 5 heteroatoms. The van der Waals surface area contributed by atoms with Crippen molar-refractivity contribution in [2.24, 2.45) is 5.73 Å². The zero-order valence-corrected chi connectivity index (χ0v) is 8.43. The summed E-state index contributed by atoms with van der Waals surface area (Å²) >= 11 is 0. The van der Waals surface area contributed by atoms with E-state index in [0.29, 0.717) is 0 Å². The molecule has 0 bridgehead atoms. The zero-order chi connectivity index (χ0) is 11.6. The molecule has 0 spiro atoms. The molecule has 0 aromatic heterocycles. The lowest BCUT2D eigenvalue weighted by Crippen LogP contribution is -2.15. The molecule has 2 N–H and O–H groups in total. The van der Waals surface area contributed by atoms with Crippen molar-refractivity contribution in [2.75, 3.05) is 7.11 Å². The zero-order valence-electron chi connectivity index (χ0n) is 8.43. The average molecular weight is 219 g/mol. The van der Waals surface area contributed by atoms with Gasteiger partial charge in [-0.25, -0.2) is 0 Å². The number of rotatable bonds is 2. The van der Waals surface area contributed by atoms with Gasteiger partial charge >= 0.3 is 6.18 Å². The van der Waals surface area contributed by atoms with E-state index in [-0.39, 0.29) is 11.3 Å². The summed E-state index contributed by atoms with van der Waals surface area (Å²) in [6.45, 7) is 1.51. The van der Waals surface area contributed by atoms with Crippen LogP contribution in [0, 0.1) is 0 Å². The Kier molecular flexibility index (Phi) is 3.24. The molecule has 0 aliphatic carbocycles. The van der Waals surface area contributed by atoms with E-state index >= 15 is 0 Å². The van der Waals surface area contributed by atoms with Crippen LogP contribution in [0.1, 0.15) is 24.1 Å². The Morgan fingerprint density at radius 2 is 1.93 bits per heavy atom. The molecule has 1 unspecified atom stereocenters. The van der Waals surface area contributed by atoms with Crippen LogP contribution in [-0.2, 0) is 6.18 Å². The summed E-state index contributed by atoms with van der Waals surface area (Å²) in [4.78, 5) is 0. The number of ether oxygens (including phenoxy) is 1. The summed E-state index contributed by atoms with van der Waals surface area (Å²) < 4.78 is 42.6. The van der Waals surface area contributed by atoms with Crippen molar-refractivity contribution in [1.82, 2.24) is 0 Å². The van der Waals surface area contributed by atoms with Crippen LogP contribution in [0.4, 0.5) is 13.2 Å². The van der Waals surface area contributed by atoms with Gasteiger partial charge in [-0.3, -0.25) is 0 Å². The number of hydrogen-bond donors (Lipinski definition) is 1. The second kappa shape index (κ2) is 4.10. The van der Waals surface area contributed by atoms with E-state index in [0.717, 1.165) is 6.07 Å². The van der Waals surface area contributed by atoms with Crippen LogP contribution in [-0.4, -0.2) is 7.11 Å². The first-order chi connectivity index (χ1) is 6.86. The second-order valence-corrected chi connectivity index (χ2v) is 3.24. The average Bonchev–Trinajstić information content (AvgIpc) is 2.15. The standard InChI is InChI=1S/C10H12F3NO/c1-6(14)8-4-3-7(15-2)5-9(8)10(11,12)13/h3-6H,14H2,1-2H3. The largest absolute Gasteiger partial charge is 0.497 e. The molecule has 0 fully saturated rings. The molecule has 1 rings (SSSR count). The summed E-state index contributed by atoms with van der Waals surface area (Å²) in [7, 11) is 1.32. The minimum absolute atomic E-state index is 0.0725. The highest BCUT2D eigenvalue weighted by Gasteiger charge is 2.34.